The summed E-state index contributed by atoms with van der Waals surface area (Å²) in [7, 11) is 0. The van der Waals surface area contributed by atoms with Crippen LogP contribution in [0.25, 0.3) is 11.0 Å². The Labute approximate surface area is 94.8 Å². The Morgan fingerprint density at radius 3 is 3.00 bits per heavy atom. The molecule has 0 radical (unpaired) electrons. The molecule has 84 valence electrons. The van der Waals surface area contributed by atoms with Crippen LogP contribution in [0.15, 0.2) is 23.9 Å². The molecule has 2 heterocycles. The van der Waals surface area contributed by atoms with Gasteiger partial charge in [0.1, 0.15) is 17.3 Å². The highest BCUT2D eigenvalue weighted by Crippen LogP contribution is 2.18. The maximum absolute atomic E-state index is 4.40. The van der Waals surface area contributed by atoms with Gasteiger partial charge in [-0.2, -0.15) is 0 Å². The van der Waals surface area contributed by atoms with Crippen LogP contribution < -0.4 is 5.32 Å². The van der Waals surface area contributed by atoms with E-state index in [4.69, 9.17) is 0 Å². The van der Waals surface area contributed by atoms with Crippen LogP contribution in [0.5, 0.6) is 0 Å². The average molecular weight is 216 g/mol. The predicted octanol–water partition coefficient (Wildman–Crippen LogP) is 2.64. The Morgan fingerprint density at radius 2 is 2.25 bits per heavy atom. The first-order valence-corrected chi connectivity index (χ1v) is 5.36. The van der Waals surface area contributed by atoms with Crippen LogP contribution in [0.3, 0.4) is 0 Å². The van der Waals surface area contributed by atoms with E-state index in [-0.39, 0.29) is 0 Å². The highest BCUT2D eigenvalue weighted by atomic mass is 15.0. The molecule has 2 aromatic rings. The number of aryl methyl sites for hydroxylation is 1. The van der Waals surface area contributed by atoms with E-state index in [1.54, 1.807) is 0 Å². The van der Waals surface area contributed by atoms with Crippen LogP contribution >= 0.6 is 0 Å². The van der Waals surface area contributed by atoms with Gasteiger partial charge in [-0.1, -0.05) is 11.6 Å². The number of hydrogen-bond acceptors (Lipinski definition) is 3. The number of rotatable bonds is 3. The monoisotopic (exact) mass is 216 g/mol. The highest BCUT2D eigenvalue weighted by molar-refractivity contribution is 5.86. The lowest BCUT2D eigenvalue weighted by Gasteiger charge is -2.05. The largest absolute Gasteiger partial charge is 0.366 e. The van der Waals surface area contributed by atoms with Crippen molar-refractivity contribution in [3.8, 4) is 0 Å². The van der Waals surface area contributed by atoms with E-state index in [0.717, 1.165) is 29.2 Å². The summed E-state index contributed by atoms with van der Waals surface area (Å²) in [5, 5.41) is 4.33. The molecule has 0 atom stereocenters. The van der Waals surface area contributed by atoms with Gasteiger partial charge in [-0.15, -0.1) is 0 Å². The first kappa shape index (κ1) is 10.7. The van der Waals surface area contributed by atoms with Gasteiger partial charge in [-0.05, 0) is 26.8 Å². The third-order valence-corrected chi connectivity index (χ3v) is 2.31. The second-order valence-corrected chi connectivity index (χ2v) is 4.02. The van der Waals surface area contributed by atoms with Crippen LogP contribution in [-0.2, 0) is 0 Å². The molecular weight excluding hydrogens is 200 g/mol. The third-order valence-electron chi connectivity index (χ3n) is 2.31. The summed E-state index contributed by atoms with van der Waals surface area (Å²) >= 11 is 0. The molecule has 2 rings (SSSR count). The number of aromatic amines is 1. The highest BCUT2D eigenvalue weighted by Gasteiger charge is 2.04. The molecule has 0 bridgehead atoms. The molecule has 0 unspecified atom stereocenters. The van der Waals surface area contributed by atoms with Gasteiger partial charge in [0.05, 0.1) is 5.39 Å². The number of nitrogens with one attached hydrogen (secondary N) is 2. The second-order valence-electron chi connectivity index (χ2n) is 4.02. The molecule has 0 aliphatic carbocycles. The fourth-order valence-corrected chi connectivity index (χ4v) is 1.54. The van der Waals surface area contributed by atoms with Gasteiger partial charge in [0.25, 0.3) is 0 Å². The van der Waals surface area contributed by atoms with E-state index in [0.29, 0.717) is 0 Å². The molecule has 2 aromatic heterocycles. The number of anilines is 1. The summed E-state index contributed by atoms with van der Waals surface area (Å²) in [5.41, 5.74) is 2.18. The Balaban J connectivity index is 2.28. The Hall–Kier alpha value is -1.84. The van der Waals surface area contributed by atoms with E-state index < -0.39 is 0 Å². The van der Waals surface area contributed by atoms with Crippen LogP contribution in [-0.4, -0.2) is 21.5 Å². The van der Waals surface area contributed by atoms with Gasteiger partial charge in [-0.25, -0.2) is 9.97 Å². The van der Waals surface area contributed by atoms with Crippen molar-refractivity contribution in [2.24, 2.45) is 0 Å². The smallest absolute Gasteiger partial charge is 0.143 e. The summed E-state index contributed by atoms with van der Waals surface area (Å²) in [6.07, 6.45) is 4.01. The van der Waals surface area contributed by atoms with Crippen molar-refractivity contribution in [1.82, 2.24) is 15.0 Å². The number of allylic oxidation sites excluding steroid dienone is 1. The zero-order chi connectivity index (χ0) is 11.5. The van der Waals surface area contributed by atoms with Crippen molar-refractivity contribution in [3.05, 3.63) is 29.7 Å². The van der Waals surface area contributed by atoms with E-state index in [9.17, 15) is 0 Å². The molecule has 0 aliphatic heterocycles. The van der Waals surface area contributed by atoms with Crippen LogP contribution in [0.1, 0.15) is 19.7 Å². The number of nitrogens with zero attached hydrogens (tertiary/aromatic N) is 2. The van der Waals surface area contributed by atoms with Gasteiger partial charge >= 0.3 is 0 Å². The van der Waals surface area contributed by atoms with Gasteiger partial charge in [-0.3, -0.25) is 0 Å². The zero-order valence-electron chi connectivity index (χ0n) is 9.83. The van der Waals surface area contributed by atoms with Crippen molar-refractivity contribution < 1.29 is 0 Å². The first-order valence-electron chi connectivity index (χ1n) is 5.36. The third kappa shape index (κ3) is 2.21. The molecule has 0 aromatic carbocycles. The average Bonchev–Trinajstić information content (AvgIpc) is 2.64. The Bertz CT molecular complexity index is 521. The maximum atomic E-state index is 4.40. The number of aromatic nitrogens is 3. The summed E-state index contributed by atoms with van der Waals surface area (Å²) in [5.74, 6) is 1.66. The SMILES string of the molecule is CC(C)=CCNc1nc(C)nc2[nH]ccc12. The predicted molar refractivity (Wildman–Crippen MR) is 66.5 cm³/mol. The van der Waals surface area contributed by atoms with Crippen molar-refractivity contribution in [2.75, 3.05) is 11.9 Å². The standard InChI is InChI=1S/C12H16N4/c1-8(2)4-6-13-11-10-5-7-14-12(10)16-9(3)15-11/h4-5,7H,6H2,1-3H3,(H2,13,14,15,16). The lowest BCUT2D eigenvalue weighted by atomic mass is 10.3. The topological polar surface area (TPSA) is 53.6 Å². The number of H-pyrrole nitrogens is 1. The minimum Gasteiger partial charge on any atom is -0.366 e. The Morgan fingerprint density at radius 1 is 1.44 bits per heavy atom. The van der Waals surface area contributed by atoms with E-state index >= 15 is 0 Å². The molecular formula is C12H16N4. The van der Waals surface area contributed by atoms with E-state index in [1.807, 2.05) is 19.2 Å². The quantitative estimate of drug-likeness (QED) is 0.775. The molecule has 16 heavy (non-hydrogen) atoms. The number of hydrogen-bond donors (Lipinski definition) is 2. The first-order chi connectivity index (χ1) is 7.66. The van der Waals surface area contributed by atoms with Crippen molar-refractivity contribution >= 4 is 16.9 Å². The molecule has 4 nitrogen and oxygen atoms in total. The second kappa shape index (κ2) is 4.35. The van der Waals surface area contributed by atoms with Gasteiger partial charge < -0.3 is 10.3 Å². The number of fused-ring (bicyclic) bond motifs is 1. The molecule has 0 aliphatic rings. The summed E-state index contributed by atoms with van der Waals surface area (Å²) < 4.78 is 0. The molecule has 2 N–H and O–H groups in total. The van der Waals surface area contributed by atoms with Gasteiger partial charge in [0, 0.05) is 12.7 Å². The molecule has 0 saturated heterocycles. The fraction of sp³-hybridized carbons (Fsp3) is 0.333. The van der Waals surface area contributed by atoms with Crippen LogP contribution in [0, 0.1) is 6.92 Å². The van der Waals surface area contributed by atoms with Crippen molar-refractivity contribution in [3.63, 3.8) is 0 Å². The summed E-state index contributed by atoms with van der Waals surface area (Å²) in [4.78, 5) is 11.8. The lowest BCUT2D eigenvalue weighted by molar-refractivity contribution is 1.07. The van der Waals surface area contributed by atoms with Crippen molar-refractivity contribution in [1.29, 1.82) is 0 Å². The van der Waals surface area contributed by atoms with Crippen LogP contribution in [0.4, 0.5) is 5.82 Å². The van der Waals surface area contributed by atoms with Gasteiger partial charge in [0.2, 0.25) is 0 Å². The van der Waals surface area contributed by atoms with Crippen LogP contribution in [0.2, 0.25) is 0 Å². The molecule has 0 amide bonds. The molecule has 0 spiro atoms. The zero-order valence-corrected chi connectivity index (χ0v) is 9.83. The fourth-order valence-electron chi connectivity index (χ4n) is 1.54. The molecule has 4 heteroatoms. The summed E-state index contributed by atoms with van der Waals surface area (Å²) in [6.45, 7) is 6.85. The lowest BCUT2D eigenvalue weighted by Crippen LogP contribution is -2.03. The van der Waals surface area contributed by atoms with Gasteiger partial charge in [0.15, 0.2) is 0 Å². The summed E-state index contributed by atoms with van der Waals surface area (Å²) in [6, 6.07) is 1.99. The van der Waals surface area contributed by atoms with E-state index in [2.05, 4.69) is 40.2 Å². The minimum absolute atomic E-state index is 0.773. The maximum Gasteiger partial charge on any atom is 0.143 e. The molecule has 0 saturated carbocycles. The van der Waals surface area contributed by atoms with Crippen molar-refractivity contribution in [2.45, 2.75) is 20.8 Å². The normalized spacial score (nSPS) is 10.4. The van der Waals surface area contributed by atoms with E-state index in [1.165, 1.54) is 5.57 Å². The minimum atomic E-state index is 0.773. The Kier molecular flexibility index (Phi) is 2.90. The molecule has 0 fully saturated rings.